The Labute approximate surface area is 147 Å². The lowest BCUT2D eigenvalue weighted by atomic mass is 10.2. The number of esters is 1. The maximum atomic E-state index is 13.1. The minimum Gasteiger partial charge on any atom is -0.465 e. The van der Waals surface area contributed by atoms with E-state index in [-0.39, 0.29) is 5.75 Å². The smallest absolute Gasteiger partial charge is 0.436 e. The van der Waals surface area contributed by atoms with Crippen LogP contribution >= 0.6 is 22.6 Å². The van der Waals surface area contributed by atoms with Gasteiger partial charge < -0.3 is 9.47 Å². The monoisotopic (exact) mass is 456 g/mol. The van der Waals surface area contributed by atoms with Crippen molar-refractivity contribution in [1.82, 2.24) is 10.2 Å². The Morgan fingerprint density at radius 1 is 1.25 bits per heavy atom. The average molecular weight is 456 g/mol. The molecule has 0 spiro atoms. The fourth-order valence-corrected chi connectivity index (χ4v) is 2.63. The van der Waals surface area contributed by atoms with Crippen LogP contribution in [0.3, 0.4) is 0 Å². The largest absolute Gasteiger partial charge is 0.465 e. The summed E-state index contributed by atoms with van der Waals surface area (Å²) >= 11 is 1.32. The number of benzene rings is 1. The molecule has 0 radical (unpaired) electrons. The Bertz CT molecular complexity index is 796. The Balaban J connectivity index is 2.57. The summed E-state index contributed by atoms with van der Waals surface area (Å²) < 4.78 is 61.2. The van der Waals surface area contributed by atoms with Gasteiger partial charge >= 0.3 is 12.1 Å². The number of carbonyl (C=O) groups excluding carboxylic acids is 1. The second-order valence-corrected chi connectivity index (χ2v) is 5.62. The number of aryl methyl sites for hydroxylation is 1. The van der Waals surface area contributed by atoms with Crippen molar-refractivity contribution in [2.75, 3.05) is 7.11 Å². The maximum absolute atomic E-state index is 13.1. The number of halogens is 5. The van der Waals surface area contributed by atoms with Crippen LogP contribution in [0.5, 0.6) is 11.6 Å². The molecule has 2 rings (SSSR count). The Morgan fingerprint density at radius 2 is 1.92 bits per heavy atom. The van der Waals surface area contributed by atoms with Crippen molar-refractivity contribution in [2.45, 2.75) is 13.1 Å². The molecule has 1 aromatic heterocycles. The highest BCUT2D eigenvalue weighted by molar-refractivity contribution is 14.1. The van der Waals surface area contributed by atoms with Crippen LogP contribution in [0, 0.1) is 16.3 Å². The van der Waals surface area contributed by atoms with Crippen LogP contribution in [0.15, 0.2) is 18.2 Å². The predicted octanol–water partition coefficient (Wildman–Crippen LogP) is 4.13. The third-order valence-electron chi connectivity index (χ3n) is 2.88. The third kappa shape index (κ3) is 3.74. The van der Waals surface area contributed by atoms with Crippen LogP contribution in [0.1, 0.15) is 21.6 Å². The van der Waals surface area contributed by atoms with E-state index in [0.717, 1.165) is 19.2 Å². The normalized spacial score (nSPS) is 11.3. The molecule has 0 bridgehead atoms. The van der Waals surface area contributed by atoms with Gasteiger partial charge in [0.15, 0.2) is 5.69 Å². The molecule has 0 fully saturated rings. The molecule has 2 aromatic rings. The maximum Gasteiger partial charge on any atom is 0.436 e. The highest BCUT2D eigenvalue weighted by Crippen LogP contribution is 2.36. The molecule has 1 heterocycles. The van der Waals surface area contributed by atoms with Crippen LogP contribution in [0.4, 0.5) is 17.6 Å². The van der Waals surface area contributed by atoms with E-state index in [4.69, 9.17) is 4.74 Å². The minimum atomic E-state index is -4.80. The van der Waals surface area contributed by atoms with Gasteiger partial charge in [0.2, 0.25) is 0 Å². The average Bonchev–Trinajstić information content (AvgIpc) is 2.48. The summed E-state index contributed by atoms with van der Waals surface area (Å²) in [7, 11) is 1.01. The Morgan fingerprint density at radius 3 is 2.46 bits per heavy atom. The van der Waals surface area contributed by atoms with Crippen molar-refractivity contribution in [3.05, 3.63) is 44.4 Å². The lowest BCUT2D eigenvalue weighted by molar-refractivity contribution is -0.142. The van der Waals surface area contributed by atoms with E-state index in [1.165, 1.54) is 35.6 Å². The summed E-state index contributed by atoms with van der Waals surface area (Å²) in [6.45, 7) is 1.53. The molecule has 0 atom stereocenters. The molecule has 5 nitrogen and oxygen atoms in total. The van der Waals surface area contributed by atoms with E-state index >= 15 is 0 Å². The molecule has 0 saturated carbocycles. The fraction of sp³-hybridized carbons (Fsp3) is 0.214. The highest BCUT2D eigenvalue weighted by atomic mass is 127. The Hall–Kier alpha value is -1.98. The van der Waals surface area contributed by atoms with Gasteiger partial charge in [0.05, 0.1) is 10.7 Å². The fourth-order valence-electron chi connectivity index (χ4n) is 1.76. The molecule has 0 aliphatic carbocycles. The van der Waals surface area contributed by atoms with E-state index in [1.54, 1.807) is 0 Å². The number of aromatic nitrogens is 2. The second-order valence-electron chi connectivity index (χ2n) is 4.54. The van der Waals surface area contributed by atoms with Gasteiger partial charge in [-0.3, -0.25) is 0 Å². The molecule has 0 saturated heterocycles. The zero-order valence-corrected chi connectivity index (χ0v) is 14.4. The van der Waals surface area contributed by atoms with E-state index in [1.807, 2.05) is 0 Å². The van der Waals surface area contributed by atoms with Gasteiger partial charge in [0.25, 0.3) is 5.88 Å². The van der Waals surface area contributed by atoms with Crippen LogP contribution in [-0.2, 0) is 10.9 Å². The summed E-state index contributed by atoms with van der Waals surface area (Å²) in [6.07, 6.45) is -4.80. The van der Waals surface area contributed by atoms with Gasteiger partial charge in [0, 0.05) is 0 Å². The topological polar surface area (TPSA) is 61.3 Å². The molecule has 0 N–H and O–H groups in total. The lowest BCUT2D eigenvalue weighted by Gasteiger charge is -2.14. The first-order valence-electron chi connectivity index (χ1n) is 6.30. The summed E-state index contributed by atoms with van der Waals surface area (Å²) in [5.41, 5.74) is -1.47. The van der Waals surface area contributed by atoms with Gasteiger partial charge in [-0.15, -0.1) is 10.2 Å². The van der Waals surface area contributed by atoms with E-state index in [2.05, 4.69) is 14.9 Å². The quantitative estimate of drug-likeness (QED) is 0.395. The van der Waals surface area contributed by atoms with Crippen molar-refractivity contribution >= 4 is 28.6 Å². The van der Waals surface area contributed by atoms with Crippen molar-refractivity contribution in [1.29, 1.82) is 0 Å². The molecular weight excluding hydrogens is 447 g/mol. The molecule has 0 unspecified atom stereocenters. The SMILES string of the molecule is COC(=O)c1c(Oc2ccc(F)cc2C)nnc(C(F)(F)F)c1I. The standard InChI is InChI=1S/C14H9F4IN2O3/c1-6-5-7(15)3-4-8(6)24-12-9(13(22)23-2)10(19)11(20-21-12)14(16,17)18/h3-5H,1-2H3. The summed E-state index contributed by atoms with van der Waals surface area (Å²) in [6, 6.07) is 3.52. The molecule has 128 valence electrons. The van der Waals surface area contributed by atoms with Gasteiger partial charge in [0.1, 0.15) is 17.1 Å². The highest BCUT2D eigenvalue weighted by Gasteiger charge is 2.39. The van der Waals surface area contributed by atoms with Gasteiger partial charge in [-0.2, -0.15) is 13.2 Å². The number of hydrogen-bond donors (Lipinski definition) is 0. The van der Waals surface area contributed by atoms with E-state index < -0.39 is 38.7 Å². The van der Waals surface area contributed by atoms with E-state index in [0.29, 0.717) is 5.56 Å². The second kappa shape index (κ2) is 6.87. The van der Waals surface area contributed by atoms with Gasteiger partial charge in [-0.05, 0) is 53.3 Å². The molecule has 10 heteroatoms. The number of nitrogens with zero attached hydrogens (tertiary/aromatic N) is 2. The van der Waals surface area contributed by atoms with Crippen LogP contribution in [0.25, 0.3) is 0 Å². The summed E-state index contributed by atoms with van der Waals surface area (Å²) in [5.74, 6) is -1.92. The van der Waals surface area contributed by atoms with Crippen molar-refractivity contribution in [2.24, 2.45) is 0 Å². The van der Waals surface area contributed by atoms with Crippen LogP contribution < -0.4 is 4.74 Å². The number of carbonyl (C=O) groups is 1. The van der Waals surface area contributed by atoms with Crippen molar-refractivity contribution in [3.8, 4) is 11.6 Å². The molecular formula is C14H9F4IN2O3. The van der Waals surface area contributed by atoms with Crippen molar-refractivity contribution < 1.29 is 31.8 Å². The first kappa shape index (κ1) is 18.4. The molecule has 0 aliphatic heterocycles. The number of alkyl halides is 3. The summed E-state index contributed by atoms with van der Waals surface area (Å²) in [4.78, 5) is 11.9. The zero-order chi connectivity index (χ0) is 18.1. The number of ether oxygens (including phenoxy) is 2. The van der Waals surface area contributed by atoms with Gasteiger partial charge in [-0.25, -0.2) is 9.18 Å². The molecule has 24 heavy (non-hydrogen) atoms. The number of hydrogen-bond acceptors (Lipinski definition) is 5. The molecule has 0 aliphatic rings. The van der Waals surface area contributed by atoms with Crippen molar-refractivity contribution in [3.63, 3.8) is 0 Å². The van der Waals surface area contributed by atoms with Crippen LogP contribution in [-0.4, -0.2) is 23.3 Å². The molecule has 1 aromatic carbocycles. The van der Waals surface area contributed by atoms with E-state index in [9.17, 15) is 22.4 Å². The Kier molecular flexibility index (Phi) is 5.26. The first-order chi connectivity index (χ1) is 11.1. The molecule has 0 amide bonds. The first-order valence-corrected chi connectivity index (χ1v) is 7.38. The lowest BCUT2D eigenvalue weighted by Crippen LogP contribution is -2.18. The number of methoxy groups -OCH3 is 1. The predicted molar refractivity (Wildman–Crippen MR) is 82.3 cm³/mol. The number of rotatable bonds is 3. The third-order valence-corrected chi connectivity index (χ3v) is 3.93. The van der Waals surface area contributed by atoms with Crippen LogP contribution in [0.2, 0.25) is 0 Å². The minimum absolute atomic E-state index is 0.117. The summed E-state index contributed by atoms with van der Waals surface area (Å²) in [5, 5.41) is 6.42. The van der Waals surface area contributed by atoms with Gasteiger partial charge in [-0.1, -0.05) is 0 Å². The zero-order valence-electron chi connectivity index (χ0n) is 12.2.